The number of hydrogen-bond donors (Lipinski definition) is 1. The maximum absolute atomic E-state index is 8.70. The molecule has 1 aromatic carbocycles. The molecule has 0 aromatic heterocycles. The summed E-state index contributed by atoms with van der Waals surface area (Å²) in [5.41, 5.74) is 1.17. The summed E-state index contributed by atoms with van der Waals surface area (Å²) in [5, 5.41) is 8.70. The number of benzene rings is 1. The van der Waals surface area contributed by atoms with Crippen molar-refractivity contribution in [1.82, 2.24) is 0 Å². The van der Waals surface area contributed by atoms with Gasteiger partial charge < -0.3 is 5.11 Å². The number of nitrogens with zero attached hydrogens (tertiary/aromatic N) is 1. The van der Waals surface area contributed by atoms with Crippen molar-refractivity contribution in [1.29, 1.82) is 0 Å². The Morgan fingerprint density at radius 3 is 2.72 bits per heavy atom. The summed E-state index contributed by atoms with van der Waals surface area (Å²) in [7, 11) is 0. The van der Waals surface area contributed by atoms with Crippen LogP contribution in [0.15, 0.2) is 35.3 Å². The molecular formula is C15H23NOS. The highest BCUT2D eigenvalue weighted by Gasteiger charge is 2.02. The zero-order chi connectivity index (χ0) is 13.1. The molecule has 0 aliphatic rings. The Hall–Kier alpha value is -0.800. The molecule has 1 atom stereocenters. The molecule has 0 fully saturated rings. The monoisotopic (exact) mass is 265 g/mol. The SMILES string of the molecule is CCC(CSCCCCO)N=Cc1ccccc1. The first-order valence-electron chi connectivity index (χ1n) is 6.63. The van der Waals surface area contributed by atoms with Crippen LogP contribution in [0.3, 0.4) is 0 Å². The molecule has 1 aromatic rings. The highest BCUT2D eigenvalue weighted by Crippen LogP contribution is 2.11. The number of hydrogen-bond acceptors (Lipinski definition) is 3. The normalized spacial score (nSPS) is 13.0. The molecule has 0 saturated heterocycles. The van der Waals surface area contributed by atoms with Crippen LogP contribution in [0.25, 0.3) is 0 Å². The van der Waals surface area contributed by atoms with Crippen molar-refractivity contribution in [3.05, 3.63) is 35.9 Å². The van der Waals surface area contributed by atoms with Gasteiger partial charge in [0.1, 0.15) is 0 Å². The van der Waals surface area contributed by atoms with E-state index in [9.17, 15) is 0 Å². The standard InChI is InChI=1S/C15H23NOS/c1-2-15(13-18-11-7-6-10-17)16-12-14-8-4-3-5-9-14/h3-5,8-9,12,15,17H,2,6-7,10-11,13H2,1H3. The molecule has 3 heteroatoms. The van der Waals surface area contributed by atoms with Crippen LogP contribution in [0, 0.1) is 0 Å². The number of aliphatic hydroxyl groups excluding tert-OH is 1. The minimum absolute atomic E-state index is 0.309. The van der Waals surface area contributed by atoms with E-state index in [4.69, 9.17) is 5.11 Å². The molecule has 0 aliphatic carbocycles. The summed E-state index contributed by atoms with van der Waals surface area (Å²) in [5.74, 6) is 2.20. The summed E-state index contributed by atoms with van der Waals surface area (Å²) in [6, 6.07) is 10.6. The minimum atomic E-state index is 0.309. The fraction of sp³-hybridized carbons (Fsp3) is 0.533. The molecule has 2 nitrogen and oxygen atoms in total. The van der Waals surface area contributed by atoms with Gasteiger partial charge in [-0.05, 0) is 30.6 Å². The first kappa shape index (κ1) is 15.3. The van der Waals surface area contributed by atoms with Crippen LogP contribution in [-0.4, -0.2) is 35.5 Å². The van der Waals surface area contributed by atoms with Gasteiger partial charge in [0.15, 0.2) is 0 Å². The Morgan fingerprint density at radius 2 is 2.06 bits per heavy atom. The third-order valence-electron chi connectivity index (χ3n) is 2.71. The lowest BCUT2D eigenvalue weighted by Crippen LogP contribution is -2.07. The summed E-state index contributed by atoms with van der Waals surface area (Å²) in [6.45, 7) is 2.49. The largest absolute Gasteiger partial charge is 0.396 e. The Kier molecular flexibility index (Phi) is 8.61. The molecule has 1 N–H and O–H groups in total. The third-order valence-corrected chi connectivity index (χ3v) is 3.91. The Bertz CT molecular complexity index is 327. The quantitative estimate of drug-likeness (QED) is 0.548. The lowest BCUT2D eigenvalue weighted by Gasteiger charge is -2.09. The summed E-state index contributed by atoms with van der Waals surface area (Å²) >= 11 is 1.94. The molecule has 0 radical (unpaired) electrons. The van der Waals surface area contributed by atoms with E-state index < -0.39 is 0 Å². The van der Waals surface area contributed by atoms with Gasteiger partial charge in [0.25, 0.3) is 0 Å². The van der Waals surface area contributed by atoms with E-state index in [0.29, 0.717) is 12.6 Å². The van der Waals surface area contributed by atoms with Gasteiger partial charge in [-0.3, -0.25) is 4.99 Å². The zero-order valence-electron chi connectivity index (χ0n) is 11.1. The van der Waals surface area contributed by atoms with Gasteiger partial charge in [-0.25, -0.2) is 0 Å². The number of unbranched alkanes of at least 4 members (excludes halogenated alkanes) is 1. The average molecular weight is 265 g/mol. The second-order valence-electron chi connectivity index (χ2n) is 4.26. The average Bonchev–Trinajstić information content (AvgIpc) is 2.43. The van der Waals surface area contributed by atoms with Crippen LogP contribution >= 0.6 is 11.8 Å². The lowest BCUT2D eigenvalue weighted by molar-refractivity contribution is 0.287. The van der Waals surface area contributed by atoms with Gasteiger partial charge >= 0.3 is 0 Å². The molecule has 100 valence electrons. The fourth-order valence-corrected chi connectivity index (χ4v) is 2.70. The Balaban J connectivity index is 2.27. The second kappa shape index (κ2) is 10.2. The van der Waals surface area contributed by atoms with Crippen molar-refractivity contribution < 1.29 is 5.11 Å². The smallest absolute Gasteiger partial charge is 0.0587 e. The predicted molar refractivity (Wildman–Crippen MR) is 81.8 cm³/mol. The molecule has 18 heavy (non-hydrogen) atoms. The van der Waals surface area contributed by atoms with Crippen LogP contribution in [0.1, 0.15) is 31.7 Å². The van der Waals surface area contributed by atoms with Crippen molar-refractivity contribution in [3.63, 3.8) is 0 Å². The molecule has 0 amide bonds. The van der Waals surface area contributed by atoms with E-state index in [0.717, 1.165) is 30.8 Å². The van der Waals surface area contributed by atoms with Crippen LogP contribution in [-0.2, 0) is 0 Å². The molecule has 1 rings (SSSR count). The summed E-state index contributed by atoms with van der Waals surface area (Å²) < 4.78 is 0. The molecule has 0 saturated carbocycles. The minimum Gasteiger partial charge on any atom is -0.396 e. The highest BCUT2D eigenvalue weighted by molar-refractivity contribution is 7.99. The molecular weight excluding hydrogens is 242 g/mol. The van der Waals surface area contributed by atoms with Crippen molar-refractivity contribution in [3.8, 4) is 0 Å². The van der Waals surface area contributed by atoms with E-state index in [2.05, 4.69) is 24.0 Å². The summed E-state index contributed by atoms with van der Waals surface area (Å²) in [6.07, 6.45) is 5.07. The highest BCUT2D eigenvalue weighted by atomic mass is 32.2. The van der Waals surface area contributed by atoms with Gasteiger partial charge in [-0.15, -0.1) is 0 Å². The van der Waals surface area contributed by atoms with Gasteiger partial charge in [-0.2, -0.15) is 11.8 Å². The van der Waals surface area contributed by atoms with Gasteiger partial charge in [0.2, 0.25) is 0 Å². The zero-order valence-corrected chi connectivity index (χ0v) is 11.9. The number of aliphatic hydroxyl groups is 1. The molecule has 0 aliphatic heterocycles. The number of aliphatic imine (C=N–C) groups is 1. The van der Waals surface area contributed by atoms with Crippen molar-refractivity contribution >= 4 is 18.0 Å². The number of thioether (sulfide) groups is 1. The number of rotatable bonds is 9. The maximum Gasteiger partial charge on any atom is 0.0587 e. The van der Waals surface area contributed by atoms with Gasteiger partial charge in [0, 0.05) is 18.6 Å². The van der Waals surface area contributed by atoms with E-state index in [-0.39, 0.29) is 0 Å². The van der Waals surface area contributed by atoms with Gasteiger partial charge in [0.05, 0.1) is 6.04 Å². The van der Waals surface area contributed by atoms with Gasteiger partial charge in [-0.1, -0.05) is 37.3 Å². The second-order valence-corrected chi connectivity index (χ2v) is 5.41. The maximum atomic E-state index is 8.70. The van der Waals surface area contributed by atoms with Crippen LogP contribution in [0.2, 0.25) is 0 Å². The van der Waals surface area contributed by atoms with Crippen molar-refractivity contribution in [2.45, 2.75) is 32.2 Å². The van der Waals surface area contributed by atoms with E-state index in [1.807, 2.05) is 36.2 Å². The van der Waals surface area contributed by atoms with E-state index in [1.165, 1.54) is 5.56 Å². The van der Waals surface area contributed by atoms with E-state index in [1.54, 1.807) is 0 Å². The van der Waals surface area contributed by atoms with Crippen molar-refractivity contribution in [2.75, 3.05) is 18.1 Å². The summed E-state index contributed by atoms with van der Waals surface area (Å²) in [4.78, 5) is 4.64. The Morgan fingerprint density at radius 1 is 1.28 bits per heavy atom. The van der Waals surface area contributed by atoms with Crippen LogP contribution in [0.5, 0.6) is 0 Å². The van der Waals surface area contributed by atoms with Crippen LogP contribution < -0.4 is 0 Å². The fourth-order valence-electron chi connectivity index (χ4n) is 1.53. The van der Waals surface area contributed by atoms with Crippen LogP contribution in [0.4, 0.5) is 0 Å². The molecule has 1 unspecified atom stereocenters. The topological polar surface area (TPSA) is 32.6 Å². The van der Waals surface area contributed by atoms with E-state index >= 15 is 0 Å². The Labute approximate surface area is 115 Å². The molecule has 0 bridgehead atoms. The lowest BCUT2D eigenvalue weighted by atomic mass is 10.2. The molecule has 0 spiro atoms. The molecule has 0 heterocycles. The predicted octanol–water partition coefficient (Wildman–Crippen LogP) is 3.39. The first-order chi connectivity index (χ1) is 8.86. The first-order valence-corrected chi connectivity index (χ1v) is 7.79. The van der Waals surface area contributed by atoms with Crippen molar-refractivity contribution in [2.24, 2.45) is 4.99 Å². The third kappa shape index (κ3) is 6.82.